The number of benzene rings is 2. The smallest absolute Gasteiger partial charge is 0.450 e. The van der Waals surface area contributed by atoms with Crippen molar-refractivity contribution in [3.63, 3.8) is 0 Å². The predicted molar refractivity (Wildman–Crippen MR) is 153 cm³/mol. The molecule has 0 aromatic heterocycles. The van der Waals surface area contributed by atoms with Gasteiger partial charge in [0.05, 0.1) is 12.3 Å². The third kappa shape index (κ3) is 10.8. The maximum Gasteiger partial charge on any atom is 0.462 e. The van der Waals surface area contributed by atoms with Crippen LogP contribution in [0.4, 0.5) is 47.3 Å². The molecule has 1 heterocycles. The van der Waals surface area contributed by atoms with E-state index < -0.39 is 35.9 Å². The lowest BCUT2D eigenvalue weighted by molar-refractivity contribution is -0.239. The van der Waals surface area contributed by atoms with Crippen molar-refractivity contribution in [3.8, 4) is 23.7 Å². The van der Waals surface area contributed by atoms with Gasteiger partial charge < -0.3 is 9.47 Å². The van der Waals surface area contributed by atoms with Crippen molar-refractivity contribution in [2.24, 2.45) is 11.8 Å². The standard InChI is InChI=1S/C14H9ClF3NO2.C9H10ClNO2.C7H5F3O/c15-9-3-4-11-10(7-9)13(14(16,17)18,21-12(20)19-11)6-5-8-1-2-8;1-2-13-9(12)11-8-5-3-7(10)4-6-8;8-7(9,10)6(11)4-3-5-1-2-5/h3-4,7-8H,1-2H2,(H,19,20);3-6H,2H2,1H3,(H,11,12);5H,1-2H2. The topological polar surface area (TPSA) is 93.7 Å². The van der Waals surface area contributed by atoms with Crippen molar-refractivity contribution >= 4 is 52.5 Å². The van der Waals surface area contributed by atoms with Gasteiger partial charge >= 0.3 is 30.3 Å². The van der Waals surface area contributed by atoms with E-state index in [9.17, 15) is 40.7 Å². The number of carbonyl (C=O) groups is 3. The molecule has 2 aliphatic carbocycles. The minimum atomic E-state index is -4.87. The molecule has 2 N–H and O–H groups in total. The minimum Gasteiger partial charge on any atom is -0.450 e. The first kappa shape index (κ1) is 35.4. The highest BCUT2D eigenvalue weighted by molar-refractivity contribution is 6.31. The highest BCUT2D eigenvalue weighted by Gasteiger charge is 2.62. The second-order valence-corrected chi connectivity index (χ2v) is 10.5. The van der Waals surface area contributed by atoms with E-state index in [1.165, 1.54) is 12.1 Å². The molecular weight excluding hydrogens is 653 g/mol. The number of amides is 2. The van der Waals surface area contributed by atoms with Crippen LogP contribution in [-0.4, -0.2) is 36.9 Å². The van der Waals surface area contributed by atoms with Crippen molar-refractivity contribution in [2.45, 2.75) is 50.6 Å². The molecule has 1 aliphatic heterocycles. The maximum absolute atomic E-state index is 13.6. The van der Waals surface area contributed by atoms with Gasteiger partial charge in [0, 0.05) is 33.1 Å². The molecule has 0 saturated heterocycles. The average Bonchev–Trinajstić information content (AvgIpc) is 3.87. The van der Waals surface area contributed by atoms with Crippen molar-refractivity contribution in [1.82, 2.24) is 0 Å². The van der Waals surface area contributed by atoms with Crippen molar-refractivity contribution in [2.75, 3.05) is 17.2 Å². The minimum absolute atomic E-state index is 0.00179. The van der Waals surface area contributed by atoms with Gasteiger partial charge in [-0.1, -0.05) is 35.0 Å². The van der Waals surface area contributed by atoms with Crippen LogP contribution in [0, 0.1) is 35.5 Å². The fourth-order valence-corrected chi connectivity index (χ4v) is 3.63. The number of nitrogens with one attached hydrogen (secondary N) is 2. The molecule has 2 aromatic carbocycles. The molecule has 1 unspecified atom stereocenters. The van der Waals surface area contributed by atoms with E-state index in [4.69, 9.17) is 27.9 Å². The Morgan fingerprint density at radius 1 is 0.978 bits per heavy atom. The largest absolute Gasteiger partial charge is 0.462 e. The highest BCUT2D eigenvalue weighted by Crippen LogP contribution is 2.48. The van der Waals surface area contributed by atoms with E-state index in [1.807, 2.05) is 0 Å². The Kier molecular flexibility index (Phi) is 11.7. The molecule has 2 amide bonds. The molecule has 0 spiro atoms. The summed E-state index contributed by atoms with van der Waals surface area (Å²) in [6, 6.07) is 10.6. The molecule has 2 fully saturated rings. The normalized spacial score (nSPS) is 18.2. The first-order chi connectivity index (χ1) is 21.0. The summed E-state index contributed by atoms with van der Waals surface area (Å²) in [7, 11) is 0. The Bertz CT molecular complexity index is 1530. The molecule has 1 atom stereocenters. The van der Waals surface area contributed by atoms with Crippen LogP contribution in [0.5, 0.6) is 0 Å². The number of alkyl halides is 6. The second kappa shape index (κ2) is 14.8. The molecule has 0 radical (unpaired) electrons. The van der Waals surface area contributed by atoms with Gasteiger partial charge in [0.1, 0.15) is 0 Å². The average molecular weight is 677 g/mol. The first-order valence-corrected chi connectivity index (χ1v) is 14.0. The van der Waals surface area contributed by atoms with Crippen LogP contribution in [0.25, 0.3) is 0 Å². The molecule has 2 saturated carbocycles. The van der Waals surface area contributed by atoms with Crippen molar-refractivity contribution < 1.29 is 50.2 Å². The van der Waals surface area contributed by atoms with Crippen LogP contribution in [0.1, 0.15) is 38.2 Å². The summed E-state index contributed by atoms with van der Waals surface area (Å²) in [6.07, 6.45) is -8.15. The summed E-state index contributed by atoms with van der Waals surface area (Å²) in [4.78, 5) is 32.5. The Balaban J connectivity index is 0.000000198. The molecule has 3 aliphatic rings. The molecule has 7 nitrogen and oxygen atoms in total. The number of rotatable bonds is 2. The van der Waals surface area contributed by atoms with Crippen molar-refractivity contribution in [1.29, 1.82) is 0 Å². The first-order valence-electron chi connectivity index (χ1n) is 13.3. The van der Waals surface area contributed by atoms with Gasteiger partial charge in [-0.05, 0) is 86.9 Å². The number of hydrogen-bond acceptors (Lipinski definition) is 5. The van der Waals surface area contributed by atoms with Gasteiger partial charge in [-0.2, -0.15) is 26.3 Å². The Morgan fingerprint density at radius 2 is 1.56 bits per heavy atom. The molecule has 2 aromatic rings. The number of fused-ring (bicyclic) bond motifs is 1. The number of Topliss-reactive ketones (excluding diaryl/α,β-unsaturated/α-hetero) is 1. The zero-order valence-electron chi connectivity index (χ0n) is 23.3. The monoisotopic (exact) mass is 676 g/mol. The number of carbonyl (C=O) groups excluding carboxylic acids is 3. The van der Waals surface area contributed by atoms with Gasteiger partial charge in [-0.15, -0.1) is 0 Å². The number of halogens is 8. The number of cyclic esters (lactones) is 1. The lowest BCUT2D eigenvalue weighted by Gasteiger charge is -2.35. The predicted octanol–water partition coefficient (Wildman–Crippen LogP) is 8.51. The fourth-order valence-electron chi connectivity index (χ4n) is 3.34. The second-order valence-electron chi connectivity index (χ2n) is 9.65. The third-order valence-electron chi connectivity index (χ3n) is 5.86. The lowest BCUT2D eigenvalue weighted by Crippen LogP contribution is -2.49. The van der Waals surface area contributed by atoms with Gasteiger partial charge in [0.25, 0.3) is 5.60 Å². The number of ketones is 1. The summed E-state index contributed by atoms with van der Waals surface area (Å²) in [5, 5.41) is 5.52. The van der Waals surface area contributed by atoms with E-state index >= 15 is 0 Å². The van der Waals surface area contributed by atoms with Crippen LogP contribution in [0.15, 0.2) is 42.5 Å². The molecule has 15 heteroatoms. The summed E-state index contributed by atoms with van der Waals surface area (Å²) < 4.78 is 84.5. The van der Waals surface area contributed by atoms with E-state index in [1.54, 1.807) is 37.1 Å². The summed E-state index contributed by atoms with van der Waals surface area (Å²) >= 11 is 11.4. The van der Waals surface area contributed by atoms with E-state index in [0.29, 0.717) is 17.3 Å². The molecular formula is C30H24Cl2F6N2O5. The number of anilines is 2. The highest BCUT2D eigenvalue weighted by atomic mass is 35.5. The van der Waals surface area contributed by atoms with Crippen LogP contribution in [-0.2, 0) is 19.9 Å². The third-order valence-corrected chi connectivity index (χ3v) is 6.35. The van der Waals surface area contributed by atoms with Gasteiger partial charge in [-0.25, -0.2) is 9.59 Å². The van der Waals surface area contributed by atoms with E-state index in [0.717, 1.165) is 31.7 Å². The maximum atomic E-state index is 13.6. The fraction of sp³-hybridized carbons (Fsp3) is 0.367. The zero-order chi connectivity index (χ0) is 33.4. The van der Waals surface area contributed by atoms with Crippen LogP contribution < -0.4 is 10.6 Å². The quantitative estimate of drug-likeness (QED) is 0.189. The van der Waals surface area contributed by atoms with Crippen LogP contribution in [0.2, 0.25) is 10.0 Å². The lowest BCUT2D eigenvalue weighted by atomic mass is 9.90. The van der Waals surface area contributed by atoms with E-state index in [-0.39, 0.29) is 28.1 Å². The van der Waals surface area contributed by atoms with E-state index in [2.05, 4.69) is 33.1 Å². The van der Waals surface area contributed by atoms with Crippen LogP contribution in [0.3, 0.4) is 0 Å². The zero-order valence-corrected chi connectivity index (χ0v) is 24.8. The summed E-state index contributed by atoms with van der Waals surface area (Å²) in [5.74, 6) is 6.50. The van der Waals surface area contributed by atoms with Gasteiger partial charge in [-0.3, -0.25) is 15.4 Å². The number of ether oxygens (including phenoxy) is 2. The van der Waals surface area contributed by atoms with Gasteiger partial charge in [0.2, 0.25) is 0 Å². The summed E-state index contributed by atoms with van der Waals surface area (Å²) in [5.41, 5.74) is -2.60. The Labute approximate surface area is 263 Å². The molecule has 5 rings (SSSR count). The number of hydrogen-bond donors (Lipinski definition) is 2. The van der Waals surface area contributed by atoms with Crippen molar-refractivity contribution in [3.05, 3.63) is 58.1 Å². The Hall–Kier alpha value is -4.07. The molecule has 240 valence electrons. The Morgan fingerprint density at radius 3 is 2.09 bits per heavy atom. The molecule has 0 bridgehead atoms. The molecule has 45 heavy (non-hydrogen) atoms. The van der Waals surface area contributed by atoms with Crippen LogP contribution >= 0.6 is 23.2 Å². The SMILES string of the molecule is CCOC(=O)Nc1ccc(Cl)cc1.O=C(C#CC1CC1)C(F)(F)F.O=C1Nc2ccc(Cl)cc2C(C#CC2CC2)(C(F)(F)F)O1. The van der Waals surface area contributed by atoms with Gasteiger partial charge in [0.15, 0.2) is 0 Å². The summed E-state index contributed by atoms with van der Waals surface area (Å²) in [6.45, 7) is 2.11.